The summed E-state index contributed by atoms with van der Waals surface area (Å²) >= 11 is 0. The van der Waals surface area contributed by atoms with Crippen LogP contribution in [-0.2, 0) is 6.54 Å². The van der Waals surface area contributed by atoms with Crippen molar-refractivity contribution in [2.24, 2.45) is 0 Å². The van der Waals surface area contributed by atoms with E-state index in [-0.39, 0.29) is 0 Å². The van der Waals surface area contributed by atoms with Gasteiger partial charge in [-0.2, -0.15) is 0 Å². The number of nitrogens with one attached hydrogen (secondary N) is 1. The van der Waals surface area contributed by atoms with Crippen LogP contribution in [0.5, 0.6) is 0 Å². The third-order valence-corrected chi connectivity index (χ3v) is 4.97. The molecule has 2 aromatic carbocycles. The molecule has 2 heteroatoms. The van der Waals surface area contributed by atoms with Crippen molar-refractivity contribution in [3.05, 3.63) is 48.0 Å². The molecule has 1 saturated heterocycles. The van der Waals surface area contributed by atoms with Crippen LogP contribution in [0.15, 0.2) is 42.5 Å². The lowest BCUT2D eigenvalue weighted by molar-refractivity contribution is 0.239. The average molecular weight is 280 g/mol. The molecule has 4 rings (SSSR count). The molecule has 2 aromatic rings. The molecule has 2 fully saturated rings. The normalized spacial score (nSPS) is 23.0. The lowest BCUT2D eigenvalue weighted by Crippen LogP contribution is -2.38. The predicted octanol–water partition coefficient (Wildman–Crippen LogP) is 3.56. The Hall–Kier alpha value is -1.38. The fraction of sp³-hybridized carbons (Fsp3) is 0.474. The zero-order valence-electron chi connectivity index (χ0n) is 12.6. The number of likely N-dealkylation sites (tertiary alicyclic amines) is 1. The molecular formula is C19H24N2. The summed E-state index contributed by atoms with van der Waals surface area (Å²) in [5.41, 5.74) is 1.48. The van der Waals surface area contributed by atoms with E-state index in [0.717, 1.165) is 18.6 Å². The number of hydrogen-bond donors (Lipinski definition) is 1. The molecule has 1 aliphatic heterocycles. The first-order chi connectivity index (χ1) is 10.4. The van der Waals surface area contributed by atoms with Gasteiger partial charge in [-0.15, -0.1) is 0 Å². The van der Waals surface area contributed by atoms with Crippen molar-refractivity contribution in [2.45, 2.75) is 44.3 Å². The molecule has 1 heterocycles. The molecular weight excluding hydrogens is 256 g/mol. The summed E-state index contributed by atoms with van der Waals surface area (Å²) in [4.78, 5) is 2.68. The fourth-order valence-electron chi connectivity index (χ4n) is 3.57. The topological polar surface area (TPSA) is 15.3 Å². The summed E-state index contributed by atoms with van der Waals surface area (Å²) in [5.74, 6) is 0. The maximum Gasteiger partial charge on any atom is 0.0243 e. The van der Waals surface area contributed by atoms with Crippen molar-refractivity contribution in [3.63, 3.8) is 0 Å². The number of nitrogens with zero attached hydrogens (tertiary/aromatic N) is 1. The van der Waals surface area contributed by atoms with Gasteiger partial charge in [-0.3, -0.25) is 4.90 Å². The predicted molar refractivity (Wildman–Crippen MR) is 88.4 cm³/mol. The van der Waals surface area contributed by atoms with Gasteiger partial charge in [0.25, 0.3) is 0 Å². The second-order valence-corrected chi connectivity index (χ2v) is 6.59. The SMILES string of the molecule is c1ccc2c(CN3CCCC3CNC3CC3)cccc2c1. The maximum absolute atomic E-state index is 3.71. The van der Waals surface area contributed by atoms with Gasteiger partial charge in [0.2, 0.25) is 0 Å². The smallest absolute Gasteiger partial charge is 0.0243 e. The quantitative estimate of drug-likeness (QED) is 0.901. The first kappa shape index (κ1) is 13.3. The number of rotatable bonds is 5. The zero-order chi connectivity index (χ0) is 14.1. The van der Waals surface area contributed by atoms with E-state index >= 15 is 0 Å². The van der Waals surface area contributed by atoms with Crippen LogP contribution in [0.3, 0.4) is 0 Å². The van der Waals surface area contributed by atoms with Gasteiger partial charge in [-0.1, -0.05) is 42.5 Å². The monoisotopic (exact) mass is 280 g/mol. The Morgan fingerprint density at radius 3 is 2.76 bits per heavy atom. The van der Waals surface area contributed by atoms with Gasteiger partial charge < -0.3 is 5.32 Å². The van der Waals surface area contributed by atoms with Crippen molar-refractivity contribution in [3.8, 4) is 0 Å². The van der Waals surface area contributed by atoms with E-state index in [1.165, 1.54) is 55.1 Å². The van der Waals surface area contributed by atoms with Crippen molar-refractivity contribution >= 4 is 10.8 Å². The highest BCUT2D eigenvalue weighted by atomic mass is 15.2. The maximum atomic E-state index is 3.71. The number of benzene rings is 2. The minimum Gasteiger partial charge on any atom is -0.312 e. The van der Waals surface area contributed by atoms with E-state index in [4.69, 9.17) is 0 Å². The van der Waals surface area contributed by atoms with Crippen molar-refractivity contribution in [2.75, 3.05) is 13.1 Å². The summed E-state index contributed by atoms with van der Waals surface area (Å²) in [6.07, 6.45) is 5.47. The van der Waals surface area contributed by atoms with E-state index < -0.39 is 0 Å². The minimum absolute atomic E-state index is 0.726. The van der Waals surface area contributed by atoms with Gasteiger partial charge in [-0.05, 0) is 48.6 Å². The Labute approximate surface area is 127 Å². The van der Waals surface area contributed by atoms with E-state index in [2.05, 4.69) is 52.7 Å². The highest BCUT2D eigenvalue weighted by Crippen LogP contribution is 2.25. The van der Waals surface area contributed by atoms with E-state index in [9.17, 15) is 0 Å². The van der Waals surface area contributed by atoms with Crippen molar-refractivity contribution in [1.82, 2.24) is 10.2 Å². The Bertz CT molecular complexity index is 612. The van der Waals surface area contributed by atoms with Gasteiger partial charge >= 0.3 is 0 Å². The first-order valence-corrected chi connectivity index (χ1v) is 8.34. The highest BCUT2D eigenvalue weighted by molar-refractivity contribution is 5.85. The summed E-state index contributed by atoms with van der Waals surface area (Å²) in [6, 6.07) is 17.0. The molecule has 1 atom stereocenters. The largest absolute Gasteiger partial charge is 0.312 e. The number of fused-ring (bicyclic) bond motifs is 1. The summed E-state index contributed by atoms with van der Waals surface area (Å²) in [5, 5.41) is 6.49. The molecule has 21 heavy (non-hydrogen) atoms. The average Bonchev–Trinajstić information content (AvgIpc) is 3.25. The molecule has 0 amide bonds. The first-order valence-electron chi connectivity index (χ1n) is 8.34. The van der Waals surface area contributed by atoms with Gasteiger partial charge in [-0.25, -0.2) is 0 Å². The molecule has 0 aromatic heterocycles. The summed E-state index contributed by atoms with van der Waals surface area (Å²) < 4.78 is 0. The van der Waals surface area contributed by atoms with Crippen LogP contribution in [0.25, 0.3) is 10.8 Å². The fourth-order valence-corrected chi connectivity index (χ4v) is 3.57. The third kappa shape index (κ3) is 2.97. The lowest BCUT2D eigenvalue weighted by Gasteiger charge is -2.25. The van der Waals surface area contributed by atoms with Crippen LogP contribution in [0.4, 0.5) is 0 Å². The van der Waals surface area contributed by atoms with Gasteiger partial charge in [0.05, 0.1) is 0 Å². The second kappa shape index (κ2) is 5.78. The third-order valence-electron chi connectivity index (χ3n) is 4.97. The summed E-state index contributed by atoms with van der Waals surface area (Å²) in [6.45, 7) is 3.52. The van der Waals surface area contributed by atoms with Gasteiger partial charge in [0, 0.05) is 25.2 Å². The Kier molecular flexibility index (Phi) is 3.66. The van der Waals surface area contributed by atoms with Crippen LogP contribution < -0.4 is 5.32 Å². The van der Waals surface area contributed by atoms with Crippen LogP contribution in [0.2, 0.25) is 0 Å². The molecule has 110 valence electrons. The van der Waals surface area contributed by atoms with Crippen LogP contribution >= 0.6 is 0 Å². The standard InChI is InChI=1S/C19H24N2/c1-2-9-19-15(5-1)6-3-7-16(19)14-21-12-4-8-18(21)13-20-17-10-11-17/h1-3,5-7,9,17-18,20H,4,8,10-14H2. The van der Waals surface area contributed by atoms with E-state index in [1.807, 2.05) is 0 Å². The molecule has 1 saturated carbocycles. The van der Waals surface area contributed by atoms with Gasteiger partial charge in [0.1, 0.15) is 0 Å². The molecule has 1 aliphatic carbocycles. The van der Waals surface area contributed by atoms with Crippen molar-refractivity contribution < 1.29 is 0 Å². The molecule has 0 radical (unpaired) electrons. The van der Waals surface area contributed by atoms with Crippen LogP contribution in [-0.4, -0.2) is 30.1 Å². The zero-order valence-corrected chi connectivity index (χ0v) is 12.6. The molecule has 0 spiro atoms. The Morgan fingerprint density at radius 1 is 1.00 bits per heavy atom. The molecule has 1 unspecified atom stereocenters. The van der Waals surface area contributed by atoms with Crippen LogP contribution in [0.1, 0.15) is 31.2 Å². The molecule has 2 nitrogen and oxygen atoms in total. The lowest BCUT2D eigenvalue weighted by atomic mass is 10.0. The Balaban J connectivity index is 1.50. The molecule has 0 bridgehead atoms. The molecule has 2 aliphatic rings. The van der Waals surface area contributed by atoms with E-state index in [1.54, 1.807) is 0 Å². The summed E-state index contributed by atoms with van der Waals surface area (Å²) in [7, 11) is 0. The number of hydrogen-bond acceptors (Lipinski definition) is 2. The van der Waals surface area contributed by atoms with Crippen molar-refractivity contribution in [1.29, 1.82) is 0 Å². The minimum atomic E-state index is 0.726. The Morgan fingerprint density at radius 2 is 1.86 bits per heavy atom. The highest BCUT2D eigenvalue weighted by Gasteiger charge is 2.27. The molecule has 1 N–H and O–H groups in total. The van der Waals surface area contributed by atoms with Crippen LogP contribution in [0, 0.1) is 0 Å². The second-order valence-electron chi connectivity index (χ2n) is 6.59. The van der Waals surface area contributed by atoms with E-state index in [0.29, 0.717) is 0 Å². The van der Waals surface area contributed by atoms with Gasteiger partial charge in [0.15, 0.2) is 0 Å².